The highest BCUT2D eigenvalue weighted by atomic mass is 16.5. The zero-order chi connectivity index (χ0) is 45.3. The van der Waals surface area contributed by atoms with E-state index in [0.29, 0.717) is 18.4 Å². The number of aromatic hydroxyl groups is 1. The molecular weight excluding hydrogens is 789 g/mol. The fourth-order valence-corrected chi connectivity index (χ4v) is 7.60. The maximum atomic E-state index is 14.4. The van der Waals surface area contributed by atoms with Crippen LogP contribution in [0.1, 0.15) is 89.3 Å². The van der Waals surface area contributed by atoms with Gasteiger partial charge in [0.05, 0.1) is 6.54 Å². The van der Waals surface area contributed by atoms with Crippen LogP contribution in [0.2, 0.25) is 0 Å². The largest absolute Gasteiger partial charge is 0.505 e. The Labute approximate surface area is 356 Å². The molecule has 2 aromatic rings. The van der Waals surface area contributed by atoms with Gasteiger partial charge in [-0.05, 0) is 69.1 Å². The maximum absolute atomic E-state index is 14.4. The molecule has 1 aromatic carbocycles. The second-order valence-electron chi connectivity index (χ2n) is 16.7. The van der Waals surface area contributed by atoms with E-state index in [9.17, 15) is 43.5 Å². The molecule has 2 aliphatic rings. The topological polar surface area (TPSA) is 228 Å². The van der Waals surface area contributed by atoms with Crippen molar-refractivity contribution in [3.8, 4) is 5.75 Å². The van der Waals surface area contributed by atoms with Crippen LogP contribution in [0.25, 0.3) is 0 Å². The van der Waals surface area contributed by atoms with E-state index in [1.54, 1.807) is 30.3 Å². The summed E-state index contributed by atoms with van der Waals surface area (Å²) < 4.78 is 5.91. The van der Waals surface area contributed by atoms with E-state index in [-0.39, 0.29) is 31.2 Å². The number of hydrogen-bond acceptors (Lipinski definition) is 11. The summed E-state index contributed by atoms with van der Waals surface area (Å²) in [4.78, 5) is 121. The molecule has 0 aliphatic carbocycles. The number of fused-ring (bicyclic) bond motifs is 1. The van der Waals surface area contributed by atoms with Crippen molar-refractivity contribution in [2.24, 2.45) is 11.8 Å². The standard InChI is InChI=1S/C43H60N8O10/c1-24(2)21-29-41(58)51-20-14-17-30(51)42(59)48(7)23-33(53)49(8)31(22-25(3)4)37(54)45-26(5)40(57)50(9)36(28-15-11-10-12-16-28)43(60)61-27(6)34(38(55)46-29)47-39(56)35-32(52)18-13-19-44-35/h10-13,15-16,18-19,24-27,29-31,34,36,52H,14,17,20-23H2,1-9H3,(H,45,54)(H,46,55)(H,47,56)/t26-,27+,29+,30+,31?,34-,36-/m0/s1. The molecule has 7 atom stereocenters. The van der Waals surface area contributed by atoms with Gasteiger partial charge in [-0.2, -0.15) is 0 Å². The molecule has 7 amide bonds. The molecule has 2 fully saturated rings. The van der Waals surface area contributed by atoms with E-state index in [2.05, 4.69) is 20.9 Å². The number of cyclic esters (lactones) is 1. The fraction of sp³-hybridized carbons (Fsp3) is 0.558. The predicted molar refractivity (Wildman–Crippen MR) is 222 cm³/mol. The number of esters is 1. The van der Waals surface area contributed by atoms with E-state index in [1.165, 1.54) is 68.0 Å². The number of nitrogens with one attached hydrogen (secondary N) is 3. The van der Waals surface area contributed by atoms with Crippen LogP contribution < -0.4 is 16.0 Å². The summed E-state index contributed by atoms with van der Waals surface area (Å²) in [6, 6.07) is 3.32. The number of likely N-dealkylation sites (N-methyl/N-ethyl adjacent to an activating group) is 3. The molecule has 2 saturated heterocycles. The van der Waals surface area contributed by atoms with Crippen molar-refractivity contribution in [2.45, 2.75) is 110 Å². The third-order valence-electron chi connectivity index (χ3n) is 10.9. The molecule has 18 nitrogen and oxygen atoms in total. The van der Waals surface area contributed by atoms with Gasteiger partial charge in [-0.3, -0.25) is 33.6 Å². The minimum atomic E-state index is -1.68. The van der Waals surface area contributed by atoms with Gasteiger partial charge in [0.2, 0.25) is 35.4 Å². The van der Waals surface area contributed by atoms with Crippen molar-refractivity contribution in [1.82, 2.24) is 40.5 Å². The Hall–Kier alpha value is -6.07. The molecular formula is C43H60N8O10. The normalized spacial score (nSPS) is 25.8. The lowest BCUT2D eigenvalue weighted by Gasteiger charge is -2.35. The number of carbonyl (C=O) groups is 8. The van der Waals surface area contributed by atoms with Crippen LogP contribution in [-0.4, -0.2) is 148 Å². The molecule has 332 valence electrons. The van der Waals surface area contributed by atoms with Crippen molar-refractivity contribution in [2.75, 3.05) is 34.2 Å². The van der Waals surface area contributed by atoms with Crippen LogP contribution >= 0.6 is 0 Å². The lowest BCUT2D eigenvalue weighted by atomic mass is 10.0. The number of hydrogen-bond donors (Lipinski definition) is 4. The minimum Gasteiger partial charge on any atom is -0.505 e. The van der Waals surface area contributed by atoms with E-state index in [4.69, 9.17) is 4.74 Å². The van der Waals surface area contributed by atoms with E-state index in [0.717, 1.165) is 4.90 Å². The fourth-order valence-electron chi connectivity index (χ4n) is 7.60. The molecule has 1 aromatic heterocycles. The number of rotatable bonds is 7. The highest BCUT2D eigenvalue weighted by molar-refractivity contribution is 6.00. The summed E-state index contributed by atoms with van der Waals surface area (Å²) in [5.41, 5.74) is -0.0930. The predicted octanol–water partition coefficient (Wildman–Crippen LogP) is 1.39. The molecule has 2 aliphatic heterocycles. The molecule has 3 heterocycles. The van der Waals surface area contributed by atoms with Gasteiger partial charge in [0.1, 0.15) is 42.1 Å². The van der Waals surface area contributed by atoms with Crippen LogP contribution in [0.15, 0.2) is 48.7 Å². The van der Waals surface area contributed by atoms with E-state index < -0.39 is 108 Å². The lowest BCUT2D eigenvalue weighted by molar-refractivity contribution is -0.161. The van der Waals surface area contributed by atoms with Crippen LogP contribution in [-0.2, 0) is 38.3 Å². The van der Waals surface area contributed by atoms with Gasteiger partial charge in [-0.15, -0.1) is 0 Å². The molecule has 0 spiro atoms. The SMILES string of the molecule is CC(C)CC1C(=O)N[C@@H](C)C(=O)N(C)[C@@H](c2ccccc2)C(=O)O[C@H](C)[C@H](NC(=O)c2ncccc2O)C(=O)N[C@H](CC(C)C)C(=O)N2CCC[C@@H]2C(=O)N(C)CC(=O)N1C. The number of ether oxygens (including phenoxy) is 1. The molecule has 0 radical (unpaired) electrons. The molecule has 4 N–H and O–H groups in total. The Morgan fingerprint density at radius 1 is 0.852 bits per heavy atom. The first-order valence-electron chi connectivity index (χ1n) is 20.6. The monoisotopic (exact) mass is 848 g/mol. The number of carbonyl (C=O) groups excluding carboxylic acids is 8. The number of nitrogens with zero attached hydrogens (tertiary/aromatic N) is 5. The minimum absolute atomic E-state index is 0.0579. The molecule has 0 bridgehead atoms. The van der Waals surface area contributed by atoms with Gasteiger partial charge in [0.15, 0.2) is 11.7 Å². The Balaban J connectivity index is 1.83. The number of benzene rings is 1. The first kappa shape index (κ1) is 47.6. The Bertz CT molecular complexity index is 1940. The molecule has 0 saturated carbocycles. The molecule has 18 heteroatoms. The smallest absolute Gasteiger partial charge is 0.333 e. The van der Waals surface area contributed by atoms with Crippen molar-refractivity contribution >= 4 is 47.3 Å². The van der Waals surface area contributed by atoms with Crippen LogP contribution in [0.4, 0.5) is 0 Å². The van der Waals surface area contributed by atoms with Crippen molar-refractivity contribution in [1.29, 1.82) is 0 Å². The second kappa shape index (κ2) is 20.9. The van der Waals surface area contributed by atoms with Gasteiger partial charge in [0.25, 0.3) is 5.91 Å². The zero-order valence-corrected chi connectivity index (χ0v) is 36.4. The summed E-state index contributed by atoms with van der Waals surface area (Å²) in [6.45, 7) is 10.0. The highest BCUT2D eigenvalue weighted by Gasteiger charge is 2.43. The second-order valence-corrected chi connectivity index (χ2v) is 16.7. The van der Waals surface area contributed by atoms with Crippen LogP contribution in [0.3, 0.4) is 0 Å². The third-order valence-corrected chi connectivity index (χ3v) is 10.9. The molecule has 61 heavy (non-hydrogen) atoms. The van der Waals surface area contributed by atoms with E-state index >= 15 is 0 Å². The van der Waals surface area contributed by atoms with Gasteiger partial charge >= 0.3 is 5.97 Å². The average Bonchev–Trinajstić information content (AvgIpc) is 3.70. The summed E-state index contributed by atoms with van der Waals surface area (Å²) in [5.74, 6) is -6.56. The Morgan fingerprint density at radius 3 is 2.13 bits per heavy atom. The van der Waals surface area contributed by atoms with Gasteiger partial charge in [-0.25, -0.2) is 9.78 Å². The van der Waals surface area contributed by atoms with Gasteiger partial charge in [-0.1, -0.05) is 58.0 Å². The Kier molecular flexibility index (Phi) is 16.3. The van der Waals surface area contributed by atoms with Crippen LogP contribution in [0.5, 0.6) is 5.75 Å². The summed E-state index contributed by atoms with van der Waals surface area (Å²) in [6.07, 6.45) is 0.916. The summed E-state index contributed by atoms with van der Waals surface area (Å²) >= 11 is 0. The van der Waals surface area contributed by atoms with E-state index in [1.807, 2.05) is 27.7 Å². The first-order valence-corrected chi connectivity index (χ1v) is 20.6. The maximum Gasteiger partial charge on any atom is 0.333 e. The van der Waals surface area contributed by atoms with Crippen LogP contribution in [0, 0.1) is 11.8 Å². The lowest BCUT2D eigenvalue weighted by Crippen LogP contribution is -2.60. The Morgan fingerprint density at radius 2 is 1.51 bits per heavy atom. The van der Waals surface area contributed by atoms with Gasteiger partial charge in [0, 0.05) is 33.9 Å². The molecule has 1 unspecified atom stereocenters. The quantitative estimate of drug-likeness (QED) is 0.291. The van der Waals surface area contributed by atoms with Gasteiger partial charge < -0.3 is 45.4 Å². The summed E-state index contributed by atoms with van der Waals surface area (Å²) in [7, 11) is 4.24. The number of amides is 7. The van der Waals surface area contributed by atoms with Crippen molar-refractivity contribution in [3.05, 3.63) is 59.9 Å². The number of pyridine rings is 1. The zero-order valence-electron chi connectivity index (χ0n) is 36.4. The molecule has 4 rings (SSSR count). The third kappa shape index (κ3) is 11.8. The summed E-state index contributed by atoms with van der Waals surface area (Å²) in [5, 5.41) is 18.4. The van der Waals surface area contributed by atoms with Crippen molar-refractivity contribution in [3.63, 3.8) is 0 Å². The van der Waals surface area contributed by atoms with Crippen molar-refractivity contribution < 1.29 is 48.2 Å². The highest BCUT2D eigenvalue weighted by Crippen LogP contribution is 2.26. The number of aromatic nitrogens is 1. The average molecular weight is 849 g/mol. The first-order chi connectivity index (χ1) is 28.7.